The van der Waals surface area contributed by atoms with Crippen molar-refractivity contribution in [3.8, 4) is 0 Å². The maximum absolute atomic E-state index is 8.87. The molecule has 0 saturated heterocycles. The number of para-hydroxylation sites is 1. The zero-order valence-electron chi connectivity index (χ0n) is 9.62. The van der Waals surface area contributed by atoms with Crippen molar-refractivity contribution in [2.45, 2.75) is 19.9 Å². The number of hydrogen-bond acceptors (Lipinski definition) is 3. The van der Waals surface area contributed by atoms with Gasteiger partial charge in [0.1, 0.15) is 0 Å². The molecule has 3 nitrogen and oxygen atoms in total. The summed E-state index contributed by atoms with van der Waals surface area (Å²) < 4.78 is 0. The molecule has 1 aromatic carbocycles. The molecule has 0 aliphatic heterocycles. The number of nitrogens with two attached hydrogens (primary N) is 1. The van der Waals surface area contributed by atoms with E-state index in [-0.39, 0.29) is 6.61 Å². The Morgan fingerprint density at radius 2 is 2.19 bits per heavy atom. The fourth-order valence-corrected chi connectivity index (χ4v) is 2.08. The number of aliphatic hydroxyl groups excluding tert-OH is 1. The normalized spacial score (nSPS) is 10.5. The molecule has 0 aliphatic rings. The molecule has 0 heterocycles. The van der Waals surface area contributed by atoms with E-state index < -0.39 is 0 Å². The number of benzene rings is 1. The number of nitrogens with zero attached hydrogens (tertiary/aromatic N) is 1. The Hall–Kier alpha value is -0.770. The van der Waals surface area contributed by atoms with Gasteiger partial charge in [0.25, 0.3) is 0 Å². The van der Waals surface area contributed by atoms with Crippen LogP contribution in [0.15, 0.2) is 18.2 Å². The van der Waals surface area contributed by atoms with Crippen LogP contribution in [0.4, 0.5) is 5.69 Å². The highest BCUT2D eigenvalue weighted by Gasteiger charge is 2.12. The van der Waals surface area contributed by atoms with E-state index in [9.17, 15) is 0 Å². The zero-order chi connectivity index (χ0) is 12.0. The molecule has 4 heteroatoms. The SMILES string of the molecule is CCN(CCCO)c1c(Cl)cccc1CN. The van der Waals surface area contributed by atoms with Gasteiger partial charge in [0.15, 0.2) is 0 Å². The van der Waals surface area contributed by atoms with Gasteiger partial charge in [0.2, 0.25) is 0 Å². The maximum Gasteiger partial charge on any atom is 0.0642 e. The zero-order valence-corrected chi connectivity index (χ0v) is 10.4. The smallest absolute Gasteiger partial charge is 0.0642 e. The molecule has 0 amide bonds. The van der Waals surface area contributed by atoms with Gasteiger partial charge in [-0.05, 0) is 25.0 Å². The van der Waals surface area contributed by atoms with Crippen molar-refractivity contribution < 1.29 is 5.11 Å². The summed E-state index contributed by atoms with van der Waals surface area (Å²) in [4.78, 5) is 2.15. The van der Waals surface area contributed by atoms with Crippen molar-refractivity contribution in [2.75, 3.05) is 24.6 Å². The van der Waals surface area contributed by atoms with Crippen LogP contribution in [0, 0.1) is 0 Å². The van der Waals surface area contributed by atoms with Crippen molar-refractivity contribution in [1.29, 1.82) is 0 Å². The Kier molecular flexibility index (Phi) is 5.60. The van der Waals surface area contributed by atoms with Gasteiger partial charge in [-0.2, -0.15) is 0 Å². The van der Waals surface area contributed by atoms with Crippen molar-refractivity contribution in [3.05, 3.63) is 28.8 Å². The van der Waals surface area contributed by atoms with Crippen LogP contribution in [0.3, 0.4) is 0 Å². The molecule has 1 rings (SSSR count). The van der Waals surface area contributed by atoms with E-state index in [1.807, 2.05) is 18.2 Å². The van der Waals surface area contributed by atoms with E-state index >= 15 is 0 Å². The molecule has 16 heavy (non-hydrogen) atoms. The number of aliphatic hydroxyl groups is 1. The van der Waals surface area contributed by atoms with Crippen molar-refractivity contribution >= 4 is 17.3 Å². The quantitative estimate of drug-likeness (QED) is 0.802. The van der Waals surface area contributed by atoms with Gasteiger partial charge in [-0.15, -0.1) is 0 Å². The van der Waals surface area contributed by atoms with E-state index in [2.05, 4.69) is 11.8 Å². The summed E-state index contributed by atoms with van der Waals surface area (Å²) >= 11 is 6.20. The summed E-state index contributed by atoms with van der Waals surface area (Å²) in [6.45, 7) is 4.39. The van der Waals surface area contributed by atoms with Gasteiger partial charge in [-0.3, -0.25) is 0 Å². The van der Waals surface area contributed by atoms with Gasteiger partial charge in [0.05, 0.1) is 10.7 Å². The lowest BCUT2D eigenvalue weighted by molar-refractivity contribution is 0.289. The second kappa shape index (κ2) is 6.74. The highest BCUT2D eigenvalue weighted by atomic mass is 35.5. The first-order chi connectivity index (χ1) is 7.74. The van der Waals surface area contributed by atoms with E-state index in [0.29, 0.717) is 6.54 Å². The second-order valence-electron chi connectivity index (χ2n) is 3.61. The molecule has 0 fully saturated rings. The molecule has 0 aliphatic carbocycles. The van der Waals surface area contributed by atoms with Crippen molar-refractivity contribution in [2.24, 2.45) is 5.73 Å². The number of hydrogen-bond donors (Lipinski definition) is 2. The third-order valence-corrected chi connectivity index (χ3v) is 2.88. The molecule has 1 aromatic rings. The lowest BCUT2D eigenvalue weighted by Crippen LogP contribution is -2.26. The van der Waals surface area contributed by atoms with E-state index in [4.69, 9.17) is 22.4 Å². The minimum absolute atomic E-state index is 0.193. The Bertz CT molecular complexity index is 331. The molecule has 0 atom stereocenters. The molecule has 90 valence electrons. The van der Waals surface area contributed by atoms with Crippen LogP contribution in [-0.2, 0) is 6.54 Å². The fourth-order valence-electron chi connectivity index (χ4n) is 1.77. The molecular formula is C12H19ClN2O. The molecule has 0 aromatic heterocycles. The Morgan fingerprint density at radius 1 is 1.44 bits per heavy atom. The lowest BCUT2D eigenvalue weighted by Gasteiger charge is -2.26. The Balaban J connectivity index is 2.97. The first-order valence-corrected chi connectivity index (χ1v) is 5.95. The summed E-state index contributed by atoms with van der Waals surface area (Å²) in [5.74, 6) is 0. The molecule has 0 unspecified atom stereocenters. The third-order valence-electron chi connectivity index (χ3n) is 2.57. The summed E-state index contributed by atoms with van der Waals surface area (Å²) in [5.41, 5.74) is 7.76. The van der Waals surface area contributed by atoms with Gasteiger partial charge in [-0.25, -0.2) is 0 Å². The minimum Gasteiger partial charge on any atom is -0.396 e. The van der Waals surface area contributed by atoms with Crippen LogP contribution in [-0.4, -0.2) is 24.8 Å². The van der Waals surface area contributed by atoms with E-state index in [0.717, 1.165) is 35.8 Å². The van der Waals surface area contributed by atoms with Crippen molar-refractivity contribution in [3.63, 3.8) is 0 Å². The predicted molar refractivity (Wildman–Crippen MR) is 68.9 cm³/mol. The van der Waals surface area contributed by atoms with Gasteiger partial charge in [0, 0.05) is 26.2 Å². The number of anilines is 1. The van der Waals surface area contributed by atoms with E-state index in [1.165, 1.54) is 0 Å². The topological polar surface area (TPSA) is 49.5 Å². The number of rotatable bonds is 6. The standard InChI is InChI=1S/C12H19ClN2O/c1-2-15(7-4-8-16)12-10(9-14)5-3-6-11(12)13/h3,5-6,16H,2,4,7-9,14H2,1H3. The monoisotopic (exact) mass is 242 g/mol. The van der Waals surface area contributed by atoms with Crippen LogP contribution in [0.1, 0.15) is 18.9 Å². The summed E-state index contributed by atoms with van der Waals surface area (Å²) in [6, 6.07) is 5.77. The number of halogens is 1. The third kappa shape index (κ3) is 3.11. The Labute approximate surface area is 102 Å². The highest BCUT2D eigenvalue weighted by Crippen LogP contribution is 2.29. The average molecular weight is 243 g/mol. The van der Waals surface area contributed by atoms with Crippen LogP contribution >= 0.6 is 11.6 Å². The summed E-state index contributed by atoms with van der Waals surface area (Å²) in [6.07, 6.45) is 0.739. The second-order valence-corrected chi connectivity index (χ2v) is 4.02. The predicted octanol–water partition coefficient (Wildman–Crippen LogP) is 2.01. The fraction of sp³-hybridized carbons (Fsp3) is 0.500. The molecular weight excluding hydrogens is 224 g/mol. The van der Waals surface area contributed by atoms with Crippen LogP contribution in [0.5, 0.6) is 0 Å². The lowest BCUT2D eigenvalue weighted by atomic mass is 10.1. The molecule has 0 saturated carbocycles. The van der Waals surface area contributed by atoms with E-state index in [1.54, 1.807) is 0 Å². The molecule has 3 N–H and O–H groups in total. The van der Waals surface area contributed by atoms with Crippen LogP contribution < -0.4 is 10.6 Å². The van der Waals surface area contributed by atoms with Gasteiger partial charge < -0.3 is 15.7 Å². The average Bonchev–Trinajstić information content (AvgIpc) is 2.31. The summed E-state index contributed by atoms with van der Waals surface area (Å²) in [5, 5.41) is 9.59. The van der Waals surface area contributed by atoms with Gasteiger partial charge >= 0.3 is 0 Å². The largest absolute Gasteiger partial charge is 0.396 e. The summed E-state index contributed by atoms with van der Waals surface area (Å²) in [7, 11) is 0. The van der Waals surface area contributed by atoms with Crippen molar-refractivity contribution in [1.82, 2.24) is 0 Å². The minimum atomic E-state index is 0.193. The molecule has 0 radical (unpaired) electrons. The first kappa shape index (κ1) is 13.3. The molecule has 0 spiro atoms. The van der Waals surface area contributed by atoms with Crippen LogP contribution in [0.25, 0.3) is 0 Å². The Morgan fingerprint density at radius 3 is 2.75 bits per heavy atom. The highest BCUT2D eigenvalue weighted by molar-refractivity contribution is 6.33. The van der Waals surface area contributed by atoms with Crippen LogP contribution in [0.2, 0.25) is 5.02 Å². The van der Waals surface area contributed by atoms with Gasteiger partial charge in [-0.1, -0.05) is 23.7 Å². The maximum atomic E-state index is 8.87. The first-order valence-electron chi connectivity index (χ1n) is 5.57. The molecule has 0 bridgehead atoms.